The van der Waals surface area contributed by atoms with Crippen LogP contribution in [0.2, 0.25) is 5.02 Å². The summed E-state index contributed by atoms with van der Waals surface area (Å²) in [4.78, 5) is 37.9. The Bertz CT molecular complexity index is 726. The Hall–Kier alpha value is -2.15. The molecule has 1 aliphatic rings. The largest absolute Gasteiger partial charge is 0.467 e. The van der Waals surface area contributed by atoms with Gasteiger partial charge in [0.15, 0.2) is 0 Å². The molecule has 1 N–H and O–H groups in total. The van der Waals surface area contributed by atoms with Crippen LogP contribution in [0.4, 0.5) is 4.39 Å². The number of hydrogen-bond donors (Lipinski definition) is 1. The second-order valence-corrected chi connectivity index (χ2v) is 7.40. The minimum absolute atomic E-state index is 0.0359. The monoisotopic (exact) mass is 398 g/mol. The van der Waals surface area contributed by atoms with Crippen LogP contribution >= 0.6 is 11.6 Å². The molecule has 1 aromatic carbocycles. The van der Waals surface area contributed by atoms with Gasteiger partial charge >= 0.3 is 5.97 Å². The minimum atomic E-state index is -0.751. The first-order chi connectivity index (χ1) is 12.7. The molecule has 2 atom stereocenters. The van der Waals surface area contributed by atoms with Crippen LogP contribution in [0.25, 0.3) is 0 Å². The van der Waals surface area contributed by atoms with Gasteiger partial charge in [0.1, 0.15) is 11.9 Å². The van der Waals surface area contributed by atoms with Gasteiger partial charge in [-0.25, -0.2) is 9.18 Å². The van der Waals surface area contributed by atoms with Crippen molar-refractivity contribution in [2.75, 3.05) is 7.11 Å². The first kappa shape index (κ1) is 21.2. The predicted octanol–water partition coefficient (Wildman–Crippen LogP) is 2.67. The molecule has 1 aliphatic heterocycles. The summed E-state index contributed by atoms with van der Waals surface area (Å²) < 4.78 is 18.7. The Morgan fingerprint density at radius 3 is 2.74 bits per heavy atom. The normalized spacial score (nSPS) is 17.9. The van der Waals surface area contributed by atoms with Crippen molar-refractivity contribution < 1.29 is 23.5 Å². The second-order valence-electron chi connectivity index (χ2n) is 6.97. The molecular weight excluding hydrogens is 375 g/mol. The van der Waals surface area contributed by atoms with Crippen LogP contribution in [0.1, 0.15) is 38.7 Å². The number of nitrogens with one attached hydrogen (secondary N) is 1. The summed E-state index contributed by atoms with van der Waals surface area (Å²) in [5, 5.41) is 3.05. The van der Waals surface area contributed by atoms with Crippen molar-refractivity contribution in [1.82, 2.24) is 10.2 Å². The van der Waals surface area contributed by atoms with Crippen molar-refractivity contribution in [3.8, 4) is 0 Å². The number of esters is 1. The summed E-state index contributed by atoms with van der Waals surface area (Å²) in [6.07, 6.45) is 0.831. The van der Waals surface area contributed by atoms with Crippen LogP contribution < -0.4 is 5.32 Å². The van der Waals surface area contributed by atoms with Gasteiger partial charge in [0, 0.05) is 36.0 Å². The average Bonchev–Trinajstić information content (AvgIpc) is 2.95. The topological polar surface area (TPSA) is 75.7 Å². The van der Waals surface area contributed by atoms with E-state index in [2.05, 4.69) is 5.32 Å². The van der Waals surface area contributed by atoms with Crippen LogP contribution in [0.3, 0.4) is 0 Å². The van der Waals surface area contributed by atoms with Crippen molar-refractivity contribution in [2.24, 2.45) is 5.92 Å². The van der Waals surface area contributed by atoms with Gasteiger partial charge < -0.3 is 15.0 Å². The first-order valence-corrected chi connectivity index (χ1v) is 9.21. The van der Waals surface area contributed by atoms with E-state index in [4.69, 9.17) is 16.3 Å². The molecule has 1 fully saturated rings. The van der Waals surface area contributed by atoms with E-state index < -0.39 is 17.8 Å². The molecular formula is C19H24ClFN2O4. The number of hydrogen-bond acceptors (Lipinski definition) is 4. The fourth-order valence-corrected chi connectivity index (χ4v) is 3.34. The Balaban J connectivity index is 2.06. The van der Waals surface area contributed by atoms with Gasteiger partial charge in [-0.15, -0.1) is 0 Å². The van der Waals surface area contributed by atoms with Gasteiger partial charge in [0.25, 0.3) is 0 Å². The quantitative estimate of drug-likeness (QED) is 0.716. The van der Waals surface area contributed by atoms with Crippen molar-refractivity contribution in [3.05, 3.63) is 34.6 Å². The SMILES string of the molecule is COC(=O)[C@@H](NC(=O)C[C@@H]1CCC(=O)N1Cc1cc(Cl)ccc1F)C(C)C. The molecule has 0 radical (unpaired) electrons. The minimum Gasteiger partial charge on any atom is -0.467 e. The lowest BCUT2D eigenvalue weighted by atomic mass is 10.0. The Morgan fingerprint density at radius 1 is 1.41 bits per heavy atom. The molecule has 0 spiro atoms. The number of methoxy groups -OCH3 is 1. The van der Waals surface area contributed by atoms with E-state index in [9.17, 15) is 18.8 Å². The van der Waals surface area contributed by atoms with Gasteiger partial charge in [-0.05, 0) is 30.5 Å². The maximum atomic E-state index is 14.0. The average molecular weight is 399 g/mol. The maximum absolute atomic E-state index is 14.0. The van der Waals surface area contributed by atoms with E-state index in [-0.39, 0.29) is 36.7 Å². The fraction of sp³-hybridized carbons (Fsp3) is 0.526. The lowest BCUT2D eigenvalue weighted by Crippen LogP contribution is -2.47. The summed E-state index contributed by atoms with van der Waals surface area (Å²) in [6.45, 7) is 3.65. The third kappa shape index (κ3) is 5.42. The molecule has 148 valence electrons. The lowest BCUT2D eigenvalue weighted by Gasteiger charge is -2.26. The fourth-order valence-electron chi connectivity index (χ4n) is 3.14. The molecule has 1 heterocycles. The van der Waals surface area contributed by atoms with Gasteiger partial charge in [0.2, 0.25) is 11.8 Å². The molecule has 27 heavy (non-hydrogen) atoms. The molecule has 0 unspecified atom stereocenters. The molecule has 1 saturated heterocycles. The van der Waals surface area contributed by atoms with Crippen molar-refractivity contribution in [2.45, 2.75) is 51.7 Å². The first-order valence-electron chi connectivity index (χ1n) is 8.83. The summed E-state index contributed by atoms with van der Waals surface area (Å²) in [5.74, 6) is -1.59. The number of carbonyl (C=O) groups is 3. The van der Waals surface area contributed by atoms with Gasteiger partial charge in [-0.3, -0.25) is 9.59 Å². The predicted molar refractivity (Wildman–Crippen MR) is 98.4 cm³/mol. The molecule has 2 amide bonds. The smallest absolute Gasteiger partial charge is 0.328 e. The molecule has 0 saturated carbocycles. The number of halogens is 2. The third-order valence-corrected chi connectivity index (χ3v) is 4.90. The summed E-state index contributed by atoms with van der Waals surface area (Å²) in [7, 11) is 1.26. The van der Waals surface area contributed by atoms with Crippen LogP contribution in [-0.4, -0.2) is 41.9 Å². The lowest BCUT2D eigenvalue weighted by molar-refractivity contribution is -0.146. The number of amides is 2. The molecule has 8 heteroatoms. The molecule has 1 aromatic rings. The maximum Gasteiger partial charge on any atom is 0.328 e. The van der Waals surface area contributed by atoms with E-state index in [0.717, 1.165) is 0 Å². The number of benzene rings is 1. The standard InChI is InChI=1S/C19H24ClFN2O4/c1-11(2)18(19(26)27-3)22-16(24)9-14-5-7-17(25)23(14)10-12-8-13(20)4-6-15(12)21/h4,6,8,11,14,18H,5,7,9-10H2,1-3H3,(H,22,24)/t14-,18-/m0/s1. The summed E-state index contributed by atoms with van der Waals surface area (Å²) >= 11 is 5.91. The molecule has 0 aliphatic carbocycles. The van der Waals surface area contributed by atoms with E-state index in [0.29, 0.717) is 23.4 Å². The summed E-state index contributed by atoms with van der Waals surface area (Å²) in [5.41, 5.74) is 0.303. The van der Waals surface area contributed by atoms with E-state index >= 15 is 0 Å². The Kier molecular flexibility index (Phi) is 7.18. The highest BCUT2D eigenvalue weighted by Gasteiger charge is 2.34. The molecule has 0 aromatic heterocycles. The van der Waals surface area contributed by atoms with Crippen LogP contribution in [0, 0.1) is 11.7 Å². The zero-order valence-corrected chi connectivity index (χ0v) is 16.4. The third-order valence-electron chi connectivity index (χ3n) is 4.66. The number of carbonyl (C=O) groups excluding carboxylic acids is 3. The number of rotatable bonds is 7. The van der Waals surface area contributed by atoms with E-state index in [1.54, 1.807) is 13.8 Å². The van der Waals surface area contributed by atoms with Gasteiger partial charge in [-0.2, -0.15) is 0 Å². The Labute approximate surface area is 163 Å². The van der Waals surface area contributed by atoms with Crippen molar-refractivity contribution in [3.63, 3.8) is 0 Å². The number of likely N-dealkylation sites (tertiary alicyclic amines) is 1. The van der Waals surface area contributed by atoms with E-state index in [1.807, 2.05) is 0 Å². The molecule has 6 nitrogen and oxygen atoms in total. The van der Waals surface area contributed by atoms with Crippen molar-refractivity contribution in [1.29, 1.82) is 0 Å². The van der Waals surface area contributed by atoms with Crippen LogP contribution in [-0.2, 0) is 25.7 Å². The number of ether oxygens (including phenoxy) is 1. The zero-order valence-electron chi connectivity index (χ0n) is 15.6. The van der Waals surface area contributed by atoms with Gasteiger partial charge in [-0.1, -0.05) is 25.4 Å². The highest BCUT2D eigenvalue weighted by molar-refractivity contribution is 6.30. The Morgan fingerprint density at radius 2 is 2.11 bits per heavy atom. The molecule has 0 bridgehead atoms. The molecule has 2 rings (SSSR count). The van der Waals surface area contributed by atoms with Crippen LogP contribution in [0.15, 0.2) is 18.2 Å². The highest BCUT2D eigenvalue weighted by atomic mass is 35.5. The van der Waals surface area contributed by atoms with E-state index in [1.165, 1.54) is 30.2 Å². The second kappa shape index (κ2) is 9.17. The number of nitrogens with zero attached hydrogens (tertiary/aromatic N) is 1. The van der Waals surface area contributed by atoms with Crippen LogP contribution in [0.5, 0.6) is 0 Å². The van der Waals surface area contributed by atoms with Crippen molar-refractivity contribution >= 4 is 29.4 Å². The zero-order chi connectivity index (χ0) is 20.1. The summed E-state index contributed by atoms with van der Waals surface area (Å²) in [6, 6.07) is 3.06. The van der Waals surface area contributed by atoms with Gasteiger partial charge in [0.05, 0.1) is 7.11 Å². The highest BCUT2D eigenvalue weighted by Crippen LogP contribution is 2.26.